The minimum Gasteiger partial charge on any atom is -0.489 e. The second kappa shape index (κ2) is 14.0. The van der Waals surface area contributed by atoms with Crippen molar-refractivity contribution in [2.24, 2.45) is 11.8 Å². The zero-order chi connectivity index (χ0) is 33.1. The van der Waals surface area contributed by atoms with Gasteiger partial charge in [0.15, 0.2) is 5.78 Å². The average Bonchev–Trinajstić information content (AvgIpc) is 3.32. The van der Waals surface area contributed by atoms with Gasteiger partial charge in [-0.3, -0.25) is 19.3 Å². The van der Waals surface area contributed by atoms with Crippen LogP contribution in [-0.4, -0.2) is 77.7 Å². The quantitative estimate of drug-likeness (QED) is 0.307. The molecule has 45 heavy (non-hydrogen) atoms. The summed E-state index contributed by atoms with van der Waals surface area (Å²) in [5, 5.41) is 0. The minimum atomic E-state index is -5.32. The number of ether oxygens (including phenoxy) is 1. The van der Waals surface area contributed by atoms with E-state index in [1.807, 2.05) is 49.9 Å². The molecule has 1 saturated heterocycles. The number of sulfonamides is 1. The third-order valence-corrected chi connectivity index (χ3v) is 10.4. The molecule has 2 aliphatic rings. The van der Waals surface area contributed by atoms with Crippen LogP contribution in [0.15, 0.2) is 42.5 Å². The van der Waals surface area contributed by atoms with Gasteiger partial charge in [-0.25, -0.2) is 8.42 Å². The molecule has 1 unspecified atom stereocenters. The van der Waals surface area contributed by atoms with Crippen LogP contribution in [0.25, 0.3) is 0 Å². The molecule has 2 atom stereocenters. The first-order valence-corrected chi connectivity index (χ1v) is 16.5. The number of Topliss-reactive ketones (excluding diaryl/α,β-unsaturated/α-hetero) is 2. The lowest BCUT2D eigenvalue weighted by Gasteiger charge is -2.34. The maximum absolute atomic E-state index is 13.3. The normalized spacial score (nSPS) is 17.8. The molecule has 246 valence electrons. The summed E-state index contributed by atoms with van der Waals surface area (Å²) in [5.74, 6) is 0.251. The summed E-state index contributed by atoms with van der Waals surface area (Å²) in [6.07, 6.45) is 0.495. The Balaban J connectivity index is 1.33. The van der Waals surface area contributed by atoms with E-state index in [1.165, 1.54) is 11.8 Å². The Labute approximate surface area is 262 Å². The molecule has 0 bridgehead atoms. The predicted octanol–water partition coefficient (Wildman–Crippen LogP) is 4.79. The fourth-order valence-electron chi connectivity index (χ4n) is 5.60. The van der Waals surface area contributed by atoms with Crippen LogP contribution in [0.5, 0.6) is 5.75 Å². The molecule has 9 nitrogen and oxygen atoms in total. The van der Waals surface area contributed by atoms with Crippen LogP contribution >= 0.6 is 0 Å². The second-order valence-corrected chi connectivity index (χ2v) is 14.0. The molecule has 2 aromatic rings. The van der Waals surface area contributed by atoms with E-state index >= 15 is 0 Å². The zero-order valence-corrected chi connectivity index (χ0v) is 26.8. The number of fused-ring (bicyclic) bond motifs is 1. The summed E-state index contributed by atoms with van der Waals surface area (Å²) in [6.45, 7) is 8.10. The van der Waals surface area contributed by atoms with Crippen LogP contribution in [-0.2, 0) is 39.3 Å². The van der Waals surface area contributed by atoms with Gasteiger partial charge in [0.2, 0.25) is 0 Å². The Morgan fingerprint density at radius 1 is 0.956 bits per heavy atom. The number of rotatable bonds is 13. The number of nitrogens with zero attached hydrogens (tertiary/aromatic N) is 3. The van der Waals surface area contributed by atoms with E-state index in [4.69, 9.17) is 4.74 Å². The molecule has 0 aliphatic carbocycles. The summed E-state index contributed by atoms with van der Waals surface area (Å²) in [4.78, 5) is 41.9. The lowest BCUT2D eigenvalue weighted by atomic mass is 9.90. The van der Waals surface area contributed by atoms with E-state index in [2.05, 4.69) is 0 Å². The lowest BCUT2D eigenvalue weighted by molar-refractivity contribution is -0.125. The molecule has 0 aromatic heterocycles. The van der Waals surface area contributed by atoms with Gasteiger partial charge in [0.25, 0.3) is 5.91 Å². The molecule has 1 fully saturated rings. The first-order valence-electron chi connectivity index (χ1n) is 15.1. The summed E-state index contributed by atoms with van der Waals surface area (Å²) in [6, 6.07) is 12.0. The number of hydrogen-bond acceptors (Lipinski definition) is 7. The van der Waals surface area contributed by atoms with Gasteiger partial charge in [0.05, 0.1) is 12.6 Å². The molecule has 2 aromatic carbocycles. The van der Waals surface area contributed by atoms with Gasteiger partial charge >= 0.3 is 15.5 Å². The zero-order valence-electron chi connectivity index (χ0n) is 26.0. The van der Waals surface area contributed by atoms with Crippen molar-refractivity contribution in [3.63, 3.8) is 0 Å². The predicted molar refractivity (Wildman–Crippen MR) is 162 cm³/mol. The highest BCUT2D eigenvalue weighted by Gasteiger charge is 2.50. The molecular weight excluding hydrogens is 611 g/mol. The minimum absolute atomic E-state index is 0.0782. The van der Waals surface area contributed by atoms with Gasteiger partial charge in [-0.2, -0.15) is 17.5 Å². The van der Waals surface area contributed by atoms with Gasteiger partial charge in [-0.05, 0) is 42.5 Å². The molecule has 2 aliphatic heterocycles. The number of benzene rings is 2. The van der Waals surface area contributed by atoms with Crippen molar-refractivity contribution in [2.45, 2.75) is 71.8 Å². The van der Waals surface area contributed by atoms with E-state index in [1.54, 1.807) is 18.2 Å². The summed E-state index contributed by atoms with van der Waals surface area (Å²) in [7, 11) is -5.32. The summed E-state index contributed by atoms with van der Waals surface area (Å²) in [5.41, 5.74) is -2.35. The topological polar surface area (TPSA) is 104 Å². The average molecular weight is 652 g/mol. The van der Waals surface area contributed by atoms with Gasteiger partial charge in [-0.1, -0.05) is 51.1 Å². The highest BCUT2D eigenvalue weighted by molar-refractivity contribution is 7.90. The maximum Gasteiger partial charge on any atom is 0.511 e. The SMILES string of the molecule is CC(=O)[C@H](CCC(=O)C(C)C(C)C)N1Cc2c(OCc3ccc(CN4CCN(S(=O)(=O)C(F)(F)F)CC4)cc3)cccc2C1=O. The van der Waals surface area contributed by atoms with Crippen molar-refractivity contribution in [1.82, 2.24) is 14.1 Å². The van der Waals surface area contributed by atoms with E-state index in [0.29, 0.717) is 27.7 Å². The van der Waals surface area contributed by atoms with E-state index in [9.17, 15) is 36.0 Å². The molecule has 0 N–H and O–H groups in total. The van der Waals surface area contributed by atoms with Gasteiger partial charge in [0, 0.05) is 56.2 Å². The number of ketones is 2. The largest absolute Gasteiger partial charge is 0.511 e. The number of alkyl halides is 3. The molecule has 0 saturated carbocycles. The summed E-state index contributed by atoms with van der Waals surface area (Å²) < 4.78 is 68.4. The lowest BCUT2D eigenvalue weighted by Crippen LogP contribution is -2.51. The van der Waals surface area contributed by atoms with E-state index in [-0.39, 0.29) is 81.5 Å². The van der Waals surface area contributed by atoms with Crippen molar-refractivity contribution < 1.29 is 40.7 Å². The molecule has 0 spiro atoms. The van der Waals surface area contributed by atoms with Crippen LogP contribution in [0.2, 0.25) is 0 Å². The fraction of sp³-hybridized carbons (Fsp3) is 0.531. The highest BCUT2D eigenvalue weighted by atomic mass is 32.2. The highest BCUT2D eigenvalue weighted by Crippen LogP contribution is 2.34. The van der Waals surface area contributed by atoms with Crippen LogP contribution < -0.4 is 4.74 Å². The van der Waals surface area contributed by atoms with Gasteiger partial charge in [-0.15, -0.1) is 0 Å². The number of halogens is 3. The molecule has 13 heteroatoms. The van der Waals surface area contributed by atoms with Crippen LogP contribution in [0, 0.1) is 11.8 Å². The van der Waals surface area contributed by atoms with E-state index in [0.717, 1.165) is 11.1 Å². The Bertz CT molecular complexity index is 1500. The van der Waals surface area contributed by atoms with Crippen molar-refractivity contribution in [2.75, 3.05) is 26.2 Å². The van der Waals surface area contributed by atoms with Crippen molar-refractivity contribution in [3.8, 4) is 5.75 Å². The summed E-state index contributed by atoms with van der Waals surface area (Å²) >= 11 is 0. The number of carbonyl (C=O) groups excluding carboxylic acids is 3. The molecule has 2 heterocycles. The maximum atomic E-state index is 13.3. The van der Waals surface area contributed by atoms with Crippen molar-refractivity contribution in [3.05, 3.63) is 64.7 Å². The third kappa shape index (κ3) is 7.93. The van der Waals surface area contributed by atoms with Crippen LogP contribution in [0.3, 0.4) is 0 Å². The Morgan fingerprint density at radius 2 is 1.58 bits per heavy atom. The Hall–Kier alpha value is -3.29. The molecular formula is C32H40F3N3O6S. The first kappa shape index (κ1) is 34.6. The number of piperazine rings is 1. The third-order valence-electron chi connectivity index (χ3n) is 8.76. The monoisotopic (exact) mass is 651 g/mol. The Kier molecular flexibility index (Phi) is 10.8. The number of carbonyl (C=O) groups is 3. The second-order valence-electron chi connectivity index (χ2n) is 12.1. The standard InChI is InChI=1S/C32H40F3N3O6S/c1-21(2)22(3)29(40)13-12-28(23(4)39)38-19-27-26(31(38)41)6-5-7-30(27)44-20-25-10-8-24(9-11-25)18-36-14-16-37(17-15-36)45(42,43)32(33,34)35/h5-11,21-22,28H,12-20H2,1-4H3/t22?,28-/m0/s1. The number of amides is 1. The van der Waals surface area contributed by atoms with Crippen LogP contribution in [0.4, 0.5) is 13.2 Å². The van der Waals surface area contributed by atoms with Crippen LogP contribution in [0.1, 0.15) is 67.6 Å². The first-order chi connectivity index (χ1) is 21.1. The smallest absolute Gasteiger partial charge is 0.489 e. The molecule has 0 radical (unpaired) electrons. The van der Waals surface area contributed by atoms with Crippen molar-refractivity contribution >= 4 is 27.5 Å². The number of hydrogen-bond donors (Lipinski definition) is 0. The molecule has 4 rings (SSSR count). The Morgan fingerprint density at radius 3 is 2.16 bits per heavy atom. The fourth-order valence-corrected chi connectivity index (χ4v) is 6.54. The molecule has 1 amide bonds. The van der Waals surface area contributed by atoms with Gasteiger partial charge in [0.1, 0.15) is 18.1 Å². The van der Waals surface area contributed by atoms with Crippen molar-refractivity contribution in [1.29, 1.82) is 0 Å². The van der Waals surface area contributed by atoms with E-state index < -0.39 is 21.6 Å². The van der Waals surface area contributed by atoms with Gasteiger partial charge < -0.3 is 9.64 Å².